The van der Waals surface area contributed by atoms with Crippen molar-refractivity contribution in [3.63, 3.8) is 0 Å². The van der Waals surface area contributed by atoms with E-state index >= 15 is 0 Å². The molecule has 38 heavy (non-hydrogen) atoms. The number of ether oxygens (including phenoxy) is 1. The van der Waals surface area contributed by atoms with Crippen molar-refractivity contribution in [2.24, 2.45) is 0 Å². The summed E-state index contributed by atoms with van der Waals surface area (Å²) in [6.45, 7) is 2.68. The molecule has 0 aliphatic carbocycles. The molecule has 0 fully saturated rings. The van der Waals surface area contributed by atoms with Crippen LogP contribution >= 0.6 is 0 Å². The molecule has 6 heterocycles. The summed E-state index contributed by atoms with van der Waals surface area (Å²) in [6.07, 6.45) is 3.96. The van der Waals surface area contributed by atoms with Gasteiger partial charge in [-0.1, -0.05) is 0 Å². The third-order valence-corrected chi connectivity index (χ3v) is 7.76. The molecule has 0 saturated heterocycles. The van der Waals surface area contributed by atoms with E-state index in [9.17, 15) is 13.2 Å². The Kier molecular flexibility index (Phi) is 5.56. The number of hydrogen-bond donors (Lipinski definition) is 3. The van der Waals surface area contributed by atoms with Crippen molar-refractivity contribution in [1.82, 2.24) is 29.6 Å². The van der Waals surface area contributed by atoms with Gasteiger partial charge in [0.2, 0.25) is 21.6 Å². The SMILES string of the molecule is Cc1c(-c2cc3cc(Nc4cc5n(n4)CC(=O)N(C)CC5)ncc3c(N)n2)cnc2c1NCS(=O)(=O)CO2. The number of nitrogens with zero attached hydrogens (tertiary/aromatic N) is 6. The zero-order chi connectivity index (χ0) is 26.6. The van der Waals surface area contributed by atoms with E-state index in [0.29, 0.717) is 52.8 Å². The smallest absolute Gasteiger partial charge is 0.244 e. The summed E-state index contributed by atoms with van der Waals surface area (Å²) in [5.41, 5.74) is 9.77. The Hall–Kier alpha value is -4.46. The second-order valence-corrected chi connectivity index (χ2v) is 11.4. The van der Waals surface area contributed by atoms with Gasteiger partial charge in [-0.2, -0.15) is 5.10 Å². The third-order valence-electron chi connectivity index (χ3n) is 6.70. The number of fused-ring (bicyclic) bond motifs is 3. The molecule has 0 saturated carbocycles. The van der Waals surface area contributed by atoms with Gasteiger partial charge in [-0.05, 0) is 30.0 Å². The molecule has 2 aliphatic heterocycles. The number of hydrogen-bond acceptors (Lipinski definition) is 11. The van der Waals surface area contributed by atoms with Gasteiger partial charge in [0.15, 0.2) is 11.8 Å². The van der Waals surface area contributed by atoms with Crippen LogP contribution in [0.4, 0.5) is 23.1 Å². The maximum absolute atomic E-state index is 12.2. The summed E-state index contributed by atoms with van der Waals surface area (Å²) in [4.78, 5) is 27.2. The van der Waals surface area contributed by atoms with Crippen LogP contribution in [0.1, 0.15) is 11.3 Å². The fourth-order valence-electron chi connectivity index (χ4n) is 4.55. The maximum Gasteiger partial charge on any atom is 0.244 e. The summed E-state index contributed by atoms with van der Waals surface area (Å²) < 4.78 is 31.1. The van der Waals surface area contributed by atoms with E-state index < -0.39 is 15.8 Å². The van der Waals surface area contributed by atoms with Crippen LogP contribution in [0.2, 0.25) is 0 Å². The number of carbonyl (C=O) groups excluding carboxylic acids is 1. The highest BCUT2D eigenvalue weighted by Gasteiger charge is 2.24. The molecule has 2 aliphatic rings. The molecule has 0 atom stereocenters. The Labute approximate surface area is 218 Å². The van der Waals surface area contributed by atoms with Crippen LogP contribution in [0.25, 0.3) is 22.0 Å². The van der Waals surface area contributed by atoms with Crippen LogP contribution < -0.4 is 21.1 Å². The van der Waals surface area contributed by atoms with Crippen molar-refractivity contribution >= 4 is 49.7 Å². The van der Waals surface area contributed by atoms with Gasteiger partial charge in [-0.3, -0.25) is 9.48 Å². The van der Waals surface area contributed by atoms with E-state index in [1.54, 1.807) is 29.0 Å². The Bertz CT molecular complexity index is 1720. The van der Waals surface area contributed by atoms with Crippen molar-refractivity contribution in [1.29, 1.82) is 0 Å². The number of carbonyl (C=O) groups is 1. The predicted molar refractivity (Wildman–Crippen MR) is 142 cm³/mol. The molecule has 0 unspecified atom stereocenters. The van der Waals surface area contributed by atoms with Crippen LogP contribution in [-0.2, 0) is 27.6 Å². The first-order valence-corrected chi connectivity index (χ1v) is 13.7. The summed E-state index contributed by atoms with van der Waals surface area (Å²) in [5.74, 6) is 1.01. The average molecular weight is 536 g/mol. The lowest BCUT2D eigenvalue weighted by atomic mass is 10.0. The van der Waals surface area contributed by atoms with Gasteiger partial charge in [0.05, 0.1) is 5.69 Å². The number of aromatic nitrogens is 5. The van der Waals surface area contributed by atoms with E-state index in [1.165, 1.54) is 0 Å². The summed E-state index contributed by atoms with van der Waals surface area (Å²) in [5, 5.41) is 12.2. The van der Waals surface area contributed by atoms with Crippen molar-refractivity contribution in [3.8, 4) is 17.1 Å². The minimum absolute atomic E-state index is 0.0173. The molecular formula is C24H25N9O4S. The van der Waals surface area contributed by atoms with E-state index in [4.69, 9.17) is 10.5 Å². The average Bonchev–Trinajstić information content (AvgIpc) is 3.09. The Morgan fingerprint density at radius 1 is 1.16 bits per heavy atom. The van der Waals surface area contributed by atoms with Gasteiger partial charge >= 0.3 is 0 Å². The molecule has 4 aromatic rings. The molecule has 0 radical (unpaired) electrons. The van der Waals surface area contributed by atoms with Gasteiger partial charge in [-0.25, -0.2) is 23.4 Å². The van der Waals surface area contributed by atoms with Crippen LogP contribution in [-0.4, -0.2) is 69.4 Å². The number of rotatable bonds is 3. The first-order chi connectivity index (χ1) is 18.2. The molecule has 0 bridgehead atoms. The lowest BCUT2D eigenvalue weighted by Crippen LogP contribution is -2.29. The fourth-order valence-corrected chi connectivity index (χ4v) is 5.29. The molecule has 1 amide bonds. The van der Waals surface area contributed by atoms with Crippen molar-refractivity contribution in [2.45, 2.75) is 19.9 Å². The monoisotopic (exact) mass is 535 g/mol. The Balaban J connectivity index is 1.33. The van der Waals surface area contributed by atoms with Crippen molar-refractivity contribution < 1.29 is 17.9 Å². The lowest BCUT2D eigenvalue weighted by molar-refractivity contribution is -0.130. The largest absolute Gasteiger partial charge is 0.460 e. The number of pyridine rings is 3. The van der Waals surface area contributed by atoms with E-state index in [0.717, 1.165) is 16.6 Å². The minimum Gasteiger partial charge on any atom is -0.460 e. The van der Waals surface area contributed by atoms with Gasteiger partial charge in [-0.15, -0.1) is 0 Å². The van der Waals surface area contributed by atoms with Crippen LogP contribution in [0.5, 0.6) is 5.88 Å². The molecular weight excluding hydrogens is 510 g/mol. The molecule has 13 nitrogen and oxygen atoms in total. The molecule has 14 heteroatoms. The van der Waals surface area contributed by atoms with Crippen LogP contribution in [0.3, 0.4) is 0 Å². The third kappa shape index (κ3) is 4.32. The number of nitrogens with two attached hydrogens (primary N) is 1. The lowest BCUT2D eigenvalue weighted by Gasteiger charge is -2.14. The van der Waals surface area contributed by atoms with E-state index in [2.05, 4.69) is 30.7 Å². The summed E-state index contributed by atoms with van der Waals surface area (Å²) in [7, 11) is -1.61. The summed E-state index contributed by atoms with van der Waals surface area (Å²) in [6, 6.07) is 5.64. The molecule has 0 spiro atoms. The standard InChI is InChI=1S/C24H25N9O4S/c1-13-16(8-27-24-22(13)28-11-38(35,36)12-37-24)18-5-14-6-19(26-9-17(14)23(25)29-18)30-20-7-15-3-4-32(2)21(34)10-33(15)31-20/h5-9,28H,3-4,10-12H2,1-2H3,(H2,25,29)(H,26,30,31). The predicted octanol–water partition coefficient (Wildman–Crippen LogP) is 1.67. The maximum atomic E-state index is 12.2. The first-order valence-electron chi connectivity index (χ1n) is 11.9. The number of anilines is 4. The summed E-state index contributed by atoms with van der Waals surface area (Å²) >= 11 is 0. The topological polar surface area (TPSA) is 170 Å². The van der Waals surface area contributed by atoms with Crippen LogP contribution in [0, 0.1) is 6.92 Å². The highest BCUT2D eigenvalue weighted by molar-refractivity contribution is 7.91. The minimum atomic E-state index is -3.40. The number of likely N-dealkylation sites (N-methyl/N-ethyl adjacent to an activating group) is 1. The van der Waals surface area contributed by atoms with Crippen molar-refractivity contribution in [3.05, 3.63) is 41.9 Å². The van der Waals surface area contributed by atoms with Gasteiger partial charge in [0.25, 0.3) is 0 Å². The number of nitrogen functional groups attached to an aromatic ring is 1. The van der Waals surface area contributed by atoms with Crippen LogP contribution in [0.15, 0.2) is 30.6 Å². The Morgan fingerprint density at radius 3 is 2.84 bits per heavy atom. The molecule has 196 valence electrons. The second-order valence-electron chi connectivity index (χ2n) is 9.36. The molecule has 4 N–H and O–H groups in total. The highest BCUT2D eigenvalue weighted by Crippen LogP contribution is 2.36. The number of sulfone groups is 1. The molecule has 6 rings (SSSR count). The Morgan fingerprint density at radius 2 is 2.00 bits per heavy atom. The zero-order valence-electron chi connectivity index (χ0n) is 20.7. The van der Waals surface area contributed by atoms with Gasteiger partial charge < -0.3 is 26.0 Å². The number of amides is 1. The zero-order valence-corrected chi connectivity index (χ0v) is 21.5. The van der Waals surface area contributed by atoms with E-state index in [-0.39, 0.29) is 24.2 Å². The van der Waals surface area contributed by atoms with Crippen molar-refractivity contribution in [2.75, 3.05) is 41.8 Å². The normalized spacial score (nSPS) is 16.6. The molecule has 0 aromatic carbocycles. The molecule has 4 aromatic heterocycles. The first kappa shape index (κ1) is 23.9. The highest BCUT2D eigenvalue weighted by atomic mass is 32.2. The number of nitrogens with one attached hydrogen (secondary N) is 2. The second kappa shape index (κ2) is 8.83. The van der Waals surface area contributed by atoms with Gasteiger partial charge in [0, 0.05) is 55.1 Å². The van der Waals surface area contributed by atoms with Gasteiger partial charge in [0.1, 0.15) is 29.7 Å². The quantitative estimate of drug-likeness (QED) is 0.349. The van der Waals surface area contributed by atoms with E-state index in [1.807, 2.05) is 25.1 Å². The fraction of sp³-hybridized carbons (Fsp3) is 0.292.